The van der Waals surface area contributed by atoms with Crippen molar-refractivity contribution in [1.29, 1.82) is 0 Å². The molecule has 0 aliphatic heterocycles. The van der Waals surface area contributed by atoms with Crippen LogP contribution in [-0.4, -0.2) is 24.1 Å². The van der Waals surface area contributed by atoms with Crippen LogP contribution in [0, 0.1) is 6.92 Å². The average Bonchev–Trinajstić information content (AvgIpc) is 2.94. The summed E-state index contributed by atoms with van der Waals surface area (Å²) < 4.78 is 11.3. The van der Waals surface area contributed by atoms with Gasteiger partial charge in [0, 0.05) is 16.6 Å². The number of carbonyl (C=O) groups is 1. The highest BCUT2D eigenvalue weighted by Gasteiger charge is 2.13. The van der Waals surface area contributed by atoms with Crippen LogP contribution in [0.5, 0.6) is 11.5 Å². The number of aryl methyl sites for hydroxylation is 1. The zero-order valence-electron chi connectivity index (χ0n) is 13.7. The number of anilines is 1. The lowest BCUT2D eigenvalue weighted by molar-refractivity contribution is 0.102. The molecule has 0 spiro atoms. The Kier molecular flexibility index (Phi) is 6.40. The van der Waals surface area contributed by atoms with Crippen LogP contribution in [0.2, 0.25) is 0 Å². The van der Waals surface area contributed by atoms with E-state index in [0.29, 0.717) is 35.4 Å². The summed E-state index contributed by atoms with van der Waals surface area (Å²) in [5.41, 5.74) is 0.518. The zero-order valence-corrected chi connectivity index (χ0v) is 14.5. The van der Waals surface area contributed by atoms with E-state index >= 15 is 0 Å². The number of nitrogens with zero attached hydrogens (tertiary/aromatic N) is 1. The molecule has 23 heavy (non-hydrogen) atoms. The van der Waals surface area contributed by atoms with Crippen molar-refractivity contribution in [3.8, 4) is 11.5 Å². The third-order valence-electron chi connectivity index (χ3n) is 3.10. The molecule has 0 aliphatic rings. The number of ether oxygens (including phenoxy) is 2. The number of thiazole rings is 1. The molecule has 0 radical (unpaired) electrons. The number of hydrogen-bond acceptors (Lipinski definition) is 5. The predicted molar refractivity (Wildman–Crippen MR) is 92.8 cm³/mol. The molecule has 1 amide bonds. The molecule has 0 bridgehead atoms. The Morgan fingerprint density at radius 1 is 1.26 bits per heavy atom. The van der Waals surface area contributed by atoms with Crippen LogP contribution < -0.4 is 14.8 Å². The molecule has 0 fully saturated rings. The van der Waals surface area contributed by atoms with E-state index in [4.69, 9.17) is 9.47 Å². The lowest BCUT2D eigenvalue weighted by Crippen LogP contribution is -2.12. The molecule has 1 aromatic carbocycles. The van der Waals surface area contributed by atoms with Gasteiger partial charge >= 0.3 is 0 Å². The van der Waals surface area contributed by atoms with Gasteiger partial charge in [-0.3, -0.25) is 10.1 Å². The summed E-state index contributed by atoms with van der Waals surface area (Å²) in [5.74, 6) is 1.05. The van der Waals surface area contributed by atoms with Crippen molar-refractivity contribution in [1.82, 2.24) is 4.98 Å². The van der Waals surface area contributed by atoms with Crippen molar-refractivity contribution in [3.05, 3.63) is 34.8 Å². The molecule has 1 aromatic heterocycles. The van der Waals surface area contributed by atoms with Gasteiger partial charge in [0.1, 0.15) is 0 Å². The zero-order chi connectivity index (χ0) is 16.7. The van der Waals surface area contributed by atoms with Crippen LogP contribution in [-0.2, 0) is 0 Å². The minimum Gasteiger partial charge on any atom is -0.490 e. The minimum absolute atomic E-state index is 0.208. The fourth-order valence-electron chi connectivity index (χ4n) is 1.95. The van der Waals surface area contributed by atoms with Crippen molar-refractivity contribution in [2.45, 2.75) is 33.6 Å². The smallest absolute Gasteiger partial charge is 0.257 e. The molecule has 0 saturated heterocycles. The second-order valence-corrected chi connectivity index (χ2v) is 6.26. The molecular weight excluding hydrogens is 312 g/mol. The van der Waals surface area contributed by atoms with Crippen molar-refractivity contribution in [3.63, 3.8) is 0 Å². The molecule has 1 heterocycles. The molecule has 0 unspecified atom stereocenters. The SMILES string of the molecule is CCCCOc1ccc(C(=O)Nc2ncc(C)s2)cc1OCC. The van der Waals surface area contributed by atoms with Crippen LogP contribution in [0.15, 0.2) is 24.4 Å². The molecule has 0 saturated carbocycles. The monoisotopic (exact) mass is 334 g/mol. The first-order chi connectivity index (χ1) is 11.1. The largest absolute Gasteiger partial charge is 0.490 e. The Hall–Kier alpha value is -2.08. The van der Waals surface area contributed by atoms with Crippen LogP contribution in [0.1, 0.15) is 41.9 Å². The van der Waals surface area contributed by atoms with Crippen LogP contribution in [0.3, 0.4) is 0 Å². The lowest BCUT2D eigenvalue weighted by atomic mass is 10.2. The predicted octanol–water partition coefficient (Wildman–Crippen LogP) is 4.28. The van der Waals surface area contributed by atoms with Gasteiger partial charge in [-0.2, -0.15) is 0 Å². The fourth-order valence-corrected chi connectivity index (χ4v) is 2.60. The highest BCUT2D eigenvalue weighted by molar-refractivity contribution is 7.15. The summed E-state index contributed by atoms with van der Waals surface area (Å²) >= 11 is 1.44. The Bertz CT molecular complexity index is 655. The number of unbranched alkanes of at least 4 members (excludes halogenated alkanes) is 1. The first-order valence-corrected chi connectivity index (χ1v) is 8.59. The van der Waals surface area contributed by atoms with Gasteiger partial charge in [0.25, 0.3) is 5.91 Å². The number of rotatable bonds is 8. The highest BCUT2D eigenvalue weighted by Crippen LogP contribution is 2.29. The van der Waals surface area contributed by atoms with E-state index in [2.05, 4.69) is 17.2 Å². The van der Waals surface area contributed by atoms with Crippen LogP contribution in [0.4, 0.5) is 5.13 Å². The summed E-state index contributed by atoms with van der Waals surface area (Å²) in [6.07, 6.45) is 3.78. The summed E-state index contributed by atoms with van der Waals surface area (Å²) in [6.45, 7) is 7.12. The summed E-state index contributed by atoms with van der Waals surface area (Å²) in [7, 11) is 0. The third kappa shape index (κ3) is 4.96. The first kappa shape index (κ1) is 17.3. The van der Waals surface area contributed by atoms with Gasteiger partial charge in [-0.15, -0.1) is 11.3 Å². The third-order valence-corrected chi connectivity index (χ3v) is 3.93. The van der Waals surface area contributed by atoms with E-state index in [1.54, 1.807) is 24.4 Å². The number of amides is 1. The standard InChI is InChI=1S/C17H22N2O3S/c1-4-6-9-22-14-8-7-13(10-15(14)21-5-2)16(20)19-17-18-11-12(3)23-17/h7-8,10-11H,4-6,9H2,1-3H3,(H,18,19,20). The molecule has 0 aliphatic carbocycles. The quantitative estimate of drug-likeness (QED) is 0.732. The number of carbonyl (C=O) groups excluding carboxylic acids is 1. The maximum atomic E-state index is 12.3. The number of aromatic nitrogens is 1. The van der Waals surface area contributed by atoms with Gasteiger partial charge < -0.3 is 9.47 Å². The Labute approximate surface area is 140 Å². The second-order valence-electron chi connectivity index (χ2n) is 5.03. The van der Waals surface area contributed by atoms with Crippen molar-refractivity contribution in [2.24, 2.45) is 0 Å². The first-order valence-electron chi connectivity index (χ1n) is 7.77. The number of nitrogens with one attached hydrogen (secondary N) is 1. The normalized spacial score (nSPS) is 10.4. The summed E-state index contributed by atoms with van der Waals surface area (Å²) in [5, 5.41) is 3.38. The van der Waals surface area contributed by atoms with E-state index in [1.807, 2.05) is 13.8 Å². The van der Waals surface area contributed by atoms with Gasteiger partial charge in [-0.05, 0) is 38.5 Å². The Morgan fingerprint density at radius 3 is 2.74 bits per heavy atom. The lowest BCUT2D eigenvalue weighted by Gasteiger charge is -2.13. The maximum absolute atomic E-state index is 12.3. The molecular formula is C17H22N2O3S. The molecule has 124 valence electrons. The van der Waals surface area contributed by atoms with Crippen molar-refractivity contribution in [2.75, 3.05) is 18.5 Å². The summed E-state index contributed by atoms with van der Waals surface area (Å²) in [4.78, 5) is 17.5. The van der Waals surface area contributed by atoms with Crippen molar-refractivity contribution < 1.29 is 14.3 Å². The Balaban J connectivity index is 2.12. The number of benzene rings is 1. The van der Waals surface area contributed by atoms with Gasteiger partial charge in [-0.1, -0.05) is 13.3 Å². The van der Waals surface area contributed by atoms with Gasteiger partial charge in [0.2, 0.25) is 0 Å². The van der Waals surface area contributed by atoms with Crippen LogP contribution >= 0.6 is 11.3 Å². The maximum Gasteiger partial charge on any atom is 0.257 e. The van der Waals surface area contributed by atoms with Gasteiger partial charge in [0.05, 0.1) is 13.2 Å². The Morgan fingerprint density at radius 2 is 2.09 bits per heavy atom. The molecule has 2 aromatic rings. The van der Waals surface area contributed by atoms with E-state index < -0.39 is 0 Å². The average molecular weight is 334 g/mol. The molecule has 1 N–H and O–H groups in total. The van der Waals surface area contributed by atoms with E-state index in [1.165, 1.54) is 11.3 Å². The second kappa shape index (κ2) is 8.53. The van der Waals surface area contributed by atoms with E-state index in [9.17, 15) is 4.79 Å². The van der Waals surface area contributed by atoms with Gasteiger partial charge in [0.15, 0.2) is 16.6 Å². The molecule has 2 rings (SSSR count). The summed E-state index contributed by atoms with van der Waals surface area (Å²) in [6, 6.07) is 5.23. The minimum atomic E-state index is -0.208. The van der Waals surface area contributed by atoms with Gasteiger partial charge in [-0.25, -0.2) is 4.98 Å². The molecule has 5 nitrogen and oxygen atoms in total. The van der Waals surface area contributed by atoms with E-state index in [-0.39, 0.29) is 5.91 Å². The topological polar surface area (TPSA) is 60.5 Å². The van der Waals surface area contributed by atoms with Crippen molar-refractivity contribution >= 4 is 22.4 Å². The molecule has 0 atom stereocenters. The highest BCUT2D eigenvalue weighted by atomic mass is 32.1. The molecule has 6 heteroatoms. The number of hydrogen-bond donors (Lipinski definition) is 1. The van der Waals surface area contributed by atoms with E-state index in [0.717, 1.165) is 17.7 Å². The van der Waals surface area contributed by atoms with Crippen LogP contribution in [0.25, 0.3) is 0 Å². The fraction of sp³-hybridized carbons (Fsp3) is 0.412.